The highest BCUT2D eigenvalue weighted by molar-refractivity contribution is 4.95. The van der Waals surface area contributed by atoms with Gasteiger partial charge in [0.1, 0.15) is 12.4 Å². The van der Waals surface area contributed by atoms with Crippen molar-refractivity contribution >= 4 is 0 Å². The summed E-state index contributed by atoms with van der Waals surface area (Å²) in [5, 5.41) is 3.51. The van der Waals surface area contributed by atoms with E-state index in [2.05, 4.69) is 19.2 Å². The van der Waals surface area contributed by atoms with Crippen LogP contribution in [0.15, 0.2) is 22.8 Å². The van der Waals surface area contributed by atoms with Gasteiger partial charge in [0.15, 0.2) is 0 Å². The van der Waals surface area contributed by atoms with Crippen LogP contribution in [0.3, 0.4) is 0 Å². The maximum Gasteiger partial charge on any atom is 0.129 e. The lowest BCUT2D eigenvalue weighted by molar-refractivity contribution is 0.103. The van der Waals surface area contributed by atoms with Gasteiger partial charge >= 0.3 is 0 Å². The zero-order valence-corrected chi connectivity index (χ0v) is 10.4. The molecule has 0 fully saturated rings. The molecule has 16 heavy (non-hydrogen) atoms. The van der Waals surface area contributed by atoms with Crippen molar-refractivity contribution in [3.8, 4) is 0 Å². The van der Waals surface area contributed by atoms with Crippen LogP contribution in [-0.2, 0) is 11.3 Å². The molecule has 0 saturated heterocycles. The molecule has 0 aliphatic heterocycles. The summed E-state index contributed by atoms with van der Waals surface area (Å²) in [4.78, 5) is 0. The third kappa shape index (κ3) is 5.33. The molecular formula is C13H23NO2. The lowest BCUT2D eigenvalue weighted by Gasteiger charge is -2.14. The fourth-order valence-electron chi connectivity index (χ4n) is 1.63. The summed E-state index contributed by atoms with van der Waals surface area (Å²) in [7, 11) is 0. The smallest absolute Gasteiger partial charge is 0.129 e. The molecule has 0 aliphatic rings. The lowest BCUT2D eigenvalue weighted by Crippen LogP contribution is -2.29. The van der Waals surface area contributed by atoms with Crippen molar-refractivity contribution in [2.45, 2.75) is 45.8 Å². The standard InChI is InChI=1S/C13H23NO2/c1-3-12(4-2)14-8-6-9-15-11-13-7-5-10-16-13/h5,7,10,12,14H,3-4,6,8-9,11H2,1-2H3. The van der Waals surface area contributed by atoms with Gasteiger partial charge in [-0.2, -0.15) is 0 Å². The van der Waals surface area contributed by atoms with Gasteiger partial charge in [-0.1, -0.05) is 13.8 Å². The Morgan fingerprint density at radius 2 is 2.19 bits per heavy atom. The second kappa shape index (κ2) is 8.36. The number of hydrogen-bond acceptors (Lipinski definition) is 3. The second-order valence-electron chi connectivity index (χ2n) is 3.95. The first-order valence-electron chi connectivity index (χ1n) is 6.20. The Morgan fingerprint density at radius 1 is 1.38 bits per heavy atom. The molecule has 1 aromatic heterocycles. The summed E-state index contributed by atoms with van der Waals surface area (Å²) in [6.45, 7) is 6.83. The SMILES string of the molecule is CCC(CC)NCCCOCc1ccco1. The predicted molar refractivity (Wildman–Crippen MR) is 65.4 cm³/mol. The van der Waals surface area contributed by atoms with E-state index in [4.69, 9.17) is 9.15 Å². The van der Waals surface area contributed by atoms with E-state index < -0.39 is 0 Å². The fourth-order valence-corrected chi connectivity index (χ4v) is 1.63. The molecule has 0 bridgehead atoms. The monoisotopic (exact) mass is 225 g/mol. The van der Waals surface area contributed by atoms with Gasteiger partial charge in [0, 0.05) is 12.6 Å². The molecule has 3 heteroatoms. The van der Waals surface area contributed by atoms with Crippen molar-refractivity contribution in [2.24, 2.45) is 0 Å². The highest BCUT2D eigenvalue weighted by atomic mass is 16.5. The van der Waals surface area contributed by atoms with Crippen molar-refractivity contribution in [1.29, 1.82) is 0 Å². The van der Waals surface area contributed by atoms with Crippen LogP contribution < -0.4 is 5.32 Å². The molecule has 0 aliphatic carbocycles. The molecular weight excluding hydrogens is 202 g/mol. The molecule has 0 spiro atoms. The fraction of sp³-hybridized carbons (Fsp3) is 0.692. The average Bonchev–Trinajstić information content (AvgIpc) is 2.81. The minimum atomic E-state index is 0.581. The Balaban J connectivity index is 1.92. The normalized spacial score (nSPS) is 11.2. The molecule has 0 saturated carbocycles. The molecule has 1 N–H and O–H groups in total. The second-order valence-corrected chi connectivity index (χ2v) is 3.95. The molecule has 1 rings (SSSR count). The van der Waals surface area contributed by atoms with Crippen LogP contribution in [0.1, 0.15) is 38.9 Å². The Morgan fingerprint density at radius 3 is 2.81 bits per heavy atom. The van der Waals surface area contributed by atoms with Gasteiger partial charge < -0.3 is 14.5 Å². The minimum absolute atomic E-state index is 0.581. The molecule has 0 amide bonds. The minimum Gasteiger partial charge on any atom is -0.467 e. The summed E-state index contributed by atoms with van der Waals surface area (Å²) < 4.78 is 10.7. The third-order valence-electron chi connectivity index (χ3n) is 2.71. The van der Waals surface area contributed by atoms with E-state index in [1.54, 1.807) is 6.26 Å². The summed E-state index contributed by atoms with van der Waals surface area (Å²) >= 11 is 0. The van der Waals surface area contributed by atoms with E-state index in [1.807, 2.05) is 12.1 Å². The number of nitrogens with one attached hydrogen (secondary N) is 1. The quantitative estimate of drug-likeness (QED) is 0.656. The number of ether oxygens (including phenoxy) is 1. The van der Waals surface area contributed by atoms with E-state index >= 15 is 0 Å². The van der Waals surface area contributed by atoms with Crippen LogP contribution >= 0.6 is 0 Å². The van der Waals surface area contributed by atoms with Crippen molar-refractivity contribution < 1.29 is 9.15 Å². The van der Waals surface area contributed by atoms with Crippen LogP contribution in [0.2, 0.25) is 0 Å². The van der Waals surface area contributed by atoms with Crippen LogP contribution in [0, 0.1) is 0 Å². The molecule has 0 atom stereocenters. The molecule has 0 radical (unpaired) electrons. The van der Waals surface area contributed by atoms with E-state index in [1.165, 1.54) is 12.8 Å². The molecule has 0 aromatic carbocycles. The van der Waals surface area contributed by atoms with E-state index in [0.717, 1.165) is 25.3 Å². The molecule has 3 nitrogen and oxygen atoms in total. The van der Waals surface area contributed by atoms with E-state index in [-0.39, 0.29) is 0 Å². The van der Waals surface area contributed by atoms with Gasteiger partial charge in [0.2, 0.25) is 0 Å². The molecule has 0 unspecified atom stereocenters. The van der Waals surface area contributed by atoms with Crippen molar-refractivity contribution in [2.75, 3.05) is 13.2 Å². The van der Waals surface area contributed by atoms with E-state index in [0.29, 0.717) is 12.6 Å². The van der Waals surface area contributed by atoms with Crippen LogP contribution in [0.5, 0.6) is 0 Å². The number of rotatable bonds is 9. The zero-order chi connectivity index (χ0) is 11.6. The topological polar surface area (TPSA) is 34.4 Å². The Bertz CT molecular complexity index is 242. The first-order valence-corrected chi connectivity index (χ1v) is 6.20. The van der Waals surface area contributed by atoms with Crippen molar-refractivity contribution in [3.05, 3.63) is 24.2 Å². The van der Waals surface area contributed by atoms with Gasteiger partial charge in [-0.25, -0.2) is 0 Å². The van der Waals surface area contributed by atoms with E-state index in [9.17, 15) is 0 Å². The first-order chi connectivity index (χ1) is 7.86. The van der Waals surface area contributed by atoms with Gasteiger partial charge in [0.25, 0.3) is 0 Å². The highest BCUT2D eigenvalue weighted by Crippen LogP contribution is 2.02. The largest absolute Gasteiger partial charge is 0.467 e. The van der Waals surface area contributed by atoms with Crippen LogP contribution in [0.4, 0.5) is 0 Å². The predicted octanol–water partition coefficient (Wildman–Crippen LogP) is 2.96. The number of hydrogen-bond donors (Lipinski definition) is 1. The van der Waals surface area contributed by atoms with Gasteiger partial charge in [0.05, 0.1) is 6.26 Å². The maximum atomic E-state index is 5.49. The first kappa shape index (κ1) is 13.3. The Labute approximate surface area is 98.2 Å². The zero-order valence-electron chi connectivity index (χ0n) is 10.4. The summed E-state index contributed by atoms with van der Waals surface area (Å²) in [6, 6.07) is 4.47. The molecule has 1 heterocycles. The van der Waals surface area contributed by atoms with Crippen molar-refractivity contribution in [3.63, 3.8) is 0 Å². The average molecular weight is 225 g/mol. The van der Waals surface area contributed by atoms with Crippen LogP contribution in [-0.4, -0.2) is 19.2 Å². The highest BCUT2D eigenvalue weighted by Gasteiger charge is 2.00. The van der Waals surface area contributed by atoms with Crippen LogP contribution in [0.25, 0.3) is 0 Å². The maximum absolute atomic E-state index is 5.49. The number of furan rings is 1. The lowest BCUT2D eigenvalue weighted by atomic mass is 10.2. The van der Waals surface area contributed by atoms with Gasteiger partial charge in [-0.3, -0.25) is 0 Å². The van der Waals surface area contributed by atoms with Gasteiger partial charge in [-0.05, 0) is 37.9 Å². The Kier molecular flexibility index (Phi) is 6.93. The third-order valence-corrected chi connectivity index (χ3v) is 2.71. The summed E-state index contributed by atoms with van der Waals surface area (Å²) in [5.74, 6) is 0.896. The summed E-state index contributed by atoms with van der Waals surface area (Å²) in [6.07, 6.45) is 5.12. The molecule has 92 valence electrons. The molecule has 1 aromatic rings. The van der Waals surface area contributed by atoms with Gasteiger partial charge in [-0.15, -0.1) is 0 Å². The Hall–Kier alpha value is -0.800. The summed E-state index contributed by atoms with van der Waals surface area (Å²) in [5.41, 5.74) is 0. The van der Waals surface area contributed by atoms with Crippen molar-refractivity contribution in [1.82, 2.24) is 5.32 Å².